The molecule has 1 heterocycles. The van der Waals surface area contributed by atoms with Crippen molar-refractivity contribution in [3.05, 3.63) is 0 Å². The van der Waals surface area contributed by atoms with Gasteiger partial charge in [0.15, 0.2) is 0 Å². The van der Waals surface area contributed by atoms with Crippen molar-refractivity contribution in [2.45, 2.75) is 26.8 Å². The SMILES string of the molecule is CC(C)(C)CN1CCOCC1C(=O)O. The lowest BCUT2D eigenvalue weighted by molar-refractivity contribution is -0.150. The zero-order valence-electron chi connectivity index (χ0n) is 9.12. The molecule has 4 heteroatoms. The van der Waals surface area contributed by atoms with Crippen molar-refractivity contribution in [1.29, 1.82) is 0 Å². The van der Waals surface area contributed by atoms with E-state index < -0.39 is 12.0 Å². The fourth-order valence-electron chi connectivity index (χ4n) is 1.66. The number of ether oxygens (including phenoxy) is 1. The fourth-order valence-corrected chi connectivity index (χ4v) is 1.66. The van der Waals surface area contributed by atoms with Crippen molar-refractivity contribution in [2.75, 3.05) is 26.3 Å². The maximum atomic E-state index is 10.9. The predicted molar refractivity (Wildman–Crippen MR) is 53.3 cm³/mol. The van der Waals surface area contributed by atoms with Crippen molar-refractivity contribution < 1.29 is 14.6 Å². The molecule has 0 aromatic rings. The van der Waals surface area contributed by atoms with Gasteiger partial charge in [-0.25, -0.2) is 0 Å². The van der Waals surface area contributed by atoms with Gasteiger partial charge in [0.05, 0.1) is 13.2 Å². The Kier molecular flexibility index (Phi) is 3.50. The first-order valence-electron chi connectivity index (χ1n) is 4.95. The van der Waals surface area contributed by atoms with Crippen LogP contribution in [0, 0.1) is 5.41 Å². The summed E-state index contributed by atoms with van der Waals surface area (Å²) in [5.74, 6) is -0.783. The zero-order chi connectivity index (χ0) is 10.8. The average molecular weight is 201 g/mol. The Morgan fingerprint density at radius 1 is 1.57 bits per heavy atom. The molecule has 14 heavy (non-hydrogen) atoms. The van der Waals surface area contributed by atoms with Gasteiger partial charge in [0.25, 0.3) is 0 Å². The standard InChI is InChI=1S/C10H19NO3/c1-10(2,3)7-11-4-5-14-6-8(11)9(12)13/h8H,4-7H2,1-3H3,(H,12,13). The number of rotatable bonds is 2. The number of carboxylic acids is 1. The molecule has 1 atom stereocenters. The van der Waals surface area contributed by atoms with E-state index in [2.05, 4.69) is 20.8 Å². The number of hydrogen-bond donors (Lipinski definition) is 1. The van der Waals surface area contributed by atoms with Gasteiger partial charge in [-0.05, 0) is 5.41 Å². The summed E-state index contributed by atoms with van der Waals surface area (Å²) in [6.45, 7) is 8.80. The van der Waals surface area contributed by atoms with E-state index in [1.165, 1.54) is 0 Å². The normalized spacial score (nSPS) is 24.9. The second kappa shape index (κ2) is 4.28. The van der Waals surface area contributed by atoms with Crippen molar-refractivity contribution in [3.8, 4) is 0 Å². The van der Waals surface area contributed by atoms with Crippen LogP contribution in [0.4, 0.5) is 0 Å². The highest BCUT2D eigenvalue weighted by Gasteiger charge is 2.31. The highest BCUT2D eigenvalue weighted by atomic mass is 16.5. The smallest absolute Gasteiger partial charge is 0.323 e. The second-order valence-corrected chi connectivity index (χ2v) is 4.96. The maximum absolute atomic E-state index is 10.9. The summed E-state index contributed by atoms with van der Waals surface area (Å²) in [7, 11) is 0. The Morgan fingerprint density at radius 2 is 2.21 bits per heavy atom. The molecule has 1 unspecified atom stereocenters. The van der Waals surface area contributed by atoms with Gasteiger partial charge in [-0.15, -0.1) is 0 Å². The van der Waals surface area contributed by atoms with Gasteiger partial charge in [0, 0.05) is 13.1 Å². The number of carboxylic acid groups (broad SMARTS) is 1. The molecule has 0 spiro atoms. The number of carbonyl (C=O) groups is 1. The largest absolute Gasteiger partial charge is 0.480 e. The van der Waals surface area contributed by atoms with E-state index in [0.29, 0.717) is 19.8 Å². The van der Waals surface area contributed by atoms with E-state index in [-0.39, 0.29) is 5.41 Å². The molecule has 1 N–H and O–H groups in total. The summed E-state index contributed by atoms with van der Waals surface area (Å²) < 4.78 is 5.17. The Bertz CT molecular complexity index is 210. The van der Waals surface area contributed by atoms with Crippen LogP contribution in [0.1, 0.15) is 20.8 Å². The van der Waals surface area contributed by atoms with Gasteiger partial charge in [0.2, 0.25) is 0 Å². The summed E-state index contributed by atoms with van der Waals surface area (Å²) in [5.41, 5.74) is 0.130. The van der Waals surface area contributed by atoms with Gasteiger partial charge < -0.3 is 9.84 Å². The first-order valence-corrected chi connectivity index (χ1v) is 4.95. The highest BCUT2D eigenvalue weighted by molar-refractivity contribution is 5.73. The lowest BCUT2D eigenvalue weighted by Gasteiger charge is -2.36. The maximum Gasteiger partial charge on any atom is 0.323 e. The summed E-state index contributed by atoms with van der Waals surface area (Å²) in [6.07, 6.45) is 0. The molecular formula is C10H19NO3. The van der Waals surface area contributed by atoms with E-state index in [4.69, 9.17) is 9.84 Å². The number of aliphatic carboxylic acids is 1. The Morgan fingerprint density at radius 3 is 2.71 bits per heavy atom. The van der Waals surface area contributed by atoms with Crippen LogP contribution < -0.4 is 0 Å². The molecule has 0 aromatic carbocycles. The molecule has 0 saturated carbocycles. The van der Waals surface area contributed by atoms with Crippen LogP contribution in [0.5, 0.6) is 0 Å². The summed E-state index contributed by atoms with van der Waals surface area (Å²) in [5, 5.41) is 8.98. The molecule has 0 aromatic heterocycles. The van der Waals surface area contributed by atoms with E-state index in [9.17, 15) is 4.79 Å². The van der Waals surface area contributed by atoms with Crippen LogP contribution in [-0.4, -0.2) is 48.3 Å². The molecule has 0 aliphatic carbocycles. The quantitative estimate of drug-likeness (QED) is 0.718. The van der Waals surface area contributed by atoms with Crippen LogP contribution in [0.25, 0.3) is 0 Å². The van der Waals surface area contributed by atoms with Gasteiger partial charge in [-0.3, -0.25) is 9.69 Å². The van der Waals surface area contributed by atoms with Gasteiger partial charge in [-0.2, -0.15) is 0 Å². The Labute approximate surface area is 84.8 Å². The Hall–Kier alpha value is -0.610. The minimum absolute atomic E-state index is 0.130. The van der Waals surface area contributed by atoms with Crippen molar-refractivity contribution in [2.24, 2.45) is 5.41 Å². The van der Waals surface area contributed by atoms with Crippen LogP contribution in [-0.2, 0) is 9.53 Å². The van der Waals surface area contributed by atoms with Crippen LogP contribution >= 0.6 is 0 Å². The third-order valence-electron chi connectivity index (χ3n) is 2.20. The molecule has 1 rings (SSSR count). The lowest BCUT2D eigenvalue weighted by Crippen LogP contribution is -2.52. The highest BCUT2D eigenvalue weighted by Crippen LogP contribution is 2.18. The van der Waals surface area contributed by atoms with Gasteiger partial charge >= 0.3 is 5.97 Å². The summed E-state index contributed by atoms with van der Waals surface area (Å²) >= 11 is 0. The molecule has 1 aliphatic rings. The number of hydrogen-bond acceptors (Lipinski definition) is 3. The summed E-state index contributed by atoms with van der Waals surface area (Å²) in [4.78, 5) is 12.9. The van der Waals surface area contributed by atoms with E-state index in [1.54, 1.807) is 0 Å². The molecule has 82 valence electrons. The number of morpholine rings is 1. The minimum atomic E-state index is -0.783. The van der Waals surface area contributed by atoms with Crippen molar-refractivity contribution in [1.82, 2.24) is 4.90 Å². The third-order valence-corrected chi connectivity index (χ3v) is 2.20. The first kappa shape index (κ1) is 11.5. The molecule has 0 amide bonds. The topological polar surface area (TPSA) is 49.8 Å². The second-order valence-electron chi connectivity index (χ2n) is 4.96. The van der Waals surface area contributed by atoms with Crippen molar-refractivity contribution in [3.63, 3.8) is 0 Å². The molecule has 0 bridgehead atoms. The first-order chi connectivity index (χ1) is 6.40. The zero-order valence-corrected chi connectivity index (χ0v) is 9.12. The fraction of sp³-hybridized carbons (Fsp3) is 0.900. The monoisotopic (exact) mass is 201 g/mol. The van der Waals surface area contributed by atoms with Gasteiger partial charge in [-0.1, -0.05) is 20.8 Å². The van der Waals surface area contributed by atoms with E-state index >= 15 is 0 Å². The van der Waals surface area contributed by atoms with E-state index in [0.717, 1.165) is 6.54 Å². The average Bonchev–Trinajstić information content (AvgIpc) is 2.01. The van der Waals surface area contributed by atoms with Crippen LogP contribution in [0.15, 0.2) is 0 Å². The van der Waals surface area contributed by atoms with Gasteiger partial charge in [0.1, 0.15) is 6.04 Å². The van der Waals surface area contributed by atoms with E-state index in [1.807, 2.05) is 4.90 Å². The minimum Gasteiger partial charge on any atom is -0.480 e. The summed E-state index contributed by atoms with van der Waals surface area (Å²) in [6, 6.07) is -0.469. The molecule has 1 saturated heterocycles. The number of nitrogens with zero attached hydrogens (tertiary/aromatic N) is 1. The molecule has 4 nitrogen and oxygen atoms in total. The van der Waals surface area contributed by atoms with Crippen molar-refractivity contribution >= 4 is 5.97 Å². The molecule has 1 aliphatic heterocycles. The van der Waals surface area contributed by atoms with Crippen LogP contribution in [0.3, 0.4) is 0 Å². The Balaban J connectivity index is 2.59. The molecule has 0 radical (unpaired) electrons. The lowest BCUT2D eigenvalue weighted by atomic mass is 9.95. The molecule has 1 fully saturated rings. The molecular weight excluding hydrogens is 182 g/mol. The van der Waals surface area contributed by atoms with Crippen LogP contribution in [0.2, 0.25) is 0 Å². The predicted octanol–water partition coefficient (Wildman–Crippen LogP) is 0.818. The third kappa shape index (κ3) is 3.27.